The fourth-order valence-corrected chi connectivity index (χ4v) is 5.10. The third kappa shape index (κ3) is 4.82. The summed E-state index contributed by atoms with van der Waals surface area (Å²) in [5.74, 6) is -1.43. The molecule has 3 aromatic rings. The van der Waals surface area contributed by atoms with Crippen LogP contribution in [0.4, 0.5) is 0 Å². The number of benzene rings is 2. The number of fused-ring (bicyclic) bond motifs is 1. The molecule has 174 valence electrons. The molecule has 4 rings (SSSR count). The van der Waals surface area contributed by atoms with E-state index >= 15 is 0 Å². The molecule has 0 unspecified atom stereocenters. The number of hydrogen-bond donors (Lipinski definition) is 4. The van der Waals surface area contributed by atoms with Gasteiger partial charge in [0.05, 0.1) is 11.1 Å². The van der Waals surface area contributed by atoms with Gasteiger partial charge in [-0.2, -0.15) is 0 Å². The third-order valence-corrected chi connectivity index (χ3v) is 6.67. The number of likely N-dealkylation sites (N-methyl/N-ethyl adjacent to an activating group) is 1. The van der Waals surface area contributed by atoms with Crippen molar-refractivity contribution in [1.29, 1.82) is 0 Å². The van der Waals surface area contributed by atoms with Crippen molar-refractivity contribution >= 4 is 43.7 Å². The maximum absolute atomic E-state index is 13.0. The minimum atomic E-state index is -4.85. The highest BCUT2D eigenvalue weighted by Gasteiger charge is 2.38. The highest BCUT2D eigenvalue weighted by molar-refractivity contribution is 7.46. The smallest absolute Gasteiger partial charge is 0.469 e. The number of phenolic OH excluding ortho intramolecular Hbond substituents is 2. The number of likely N-dealkylation sites (tertiary alicyclic amines) is 1. The van der Waals surface area contributed by atoms with Crippen molar-refractivity contribution in [2.24, 2.45) is 0 Å². The normalized spacial score (nSPS) is 19.8. The van der Waals surface area contributed by atoms with Gasteiger partial charge in [0.1, 0.15) is 36.1 Å². The summed E-state index contributed by atoms with van der Waals surface area (Å²) in [7, 11) is -1.22. The first-order chi connectivity index (χ1) is 15.4. The maximum Gasteiger partial charge on any atom is 0.469 e. The number of aromatic hydroxyl groups is 2. The Morgan fingerprint density at radius 1 is 1.21 bits per heavy atom. The highest BCUT2D eigenvalue weighted by Crippen LogP contribution is 2.47. The van der Waals surface area contributed by atoms with Gasteiger partial charge >= 0.3 is 7.82 Å². The zero-order valence-electron chi connectivity index (χ0n) is 17.9. The predicted molar refractivity (Wildman–Crippen MR) is 126 cm³/mol. The second-order valence-corrected chi connectivity index (χ2v) is 9.88. The first-order valence-corrected chi connectivity index (χ1v) is 12.1. The van der Waals surface area contributed by atoms with E-state index in [1.54, 1.807) is 25.2 Å². The standard InChI is InChI=1S/C21H22BClNO8P/c1-24-5-4-11(18(9-24)32-33(28,29)30)19-14(25)7-15(26)20-16(27)8-17(31-21(19)20)12-6-10(22)2-3-13(12)23/h2-3,6-8,11,18,25-26H,4-5,9,22H2,1H3,(H2,28,29,30)/t11-,18+/m0/s1. The van der Waals surface area contributed by atoms with Gasteiger partial charge in [-0.05, 0) is 26.1 Å². The lowest BCUT2D eigenvalue weighted by molar-refractivity contribution is 0.0544. The van der Waals surface area contributed by atoms with Gasteiger partial charge in [-0.1, -0.05) is 29.2 Å². The molecule has 0 bridgehead atoms. The Morgan fingerprint density at radius 2 is 1.94 bits per heavy atom. The van der Waals surface area contributed by atoms with Crippen LogP contribution >= 0.6 is 19.4 Å². The molecule has 0 radical (unpaired) electrons. The van der Waals surface area contributed by atoms with Gasteiger partial charge < -0.3 is 29.3 Å². The lowest BCUT2D eigenvalue weighted by Crippen LogP contribution is -2.41. The summed E-state index contributed by atoms with van der Waals surface area (Å²) in [6.07, 6.45) is -0.645. The van der Waals surface area contributed by atoms with Gasteiger partial charge in [0.25, 0.3) is 0 Å². The molecule has 1 saturated heterocycles. The lowest BCUT2D eigenvalue weighted by atomic mass is 9.85. The summed E-state index contributed by atoms with van der Waals surface area (Å²) in [4.78, 5) is 33.7. The Bertz CT molecular complexity index is 1340. The summed E-state index contributed by atoms with van der Waals surface area (Å²) >= 11 is 6.32. The fraction of sp³-hybridized carbons (Fsp3) is 0.286. The van der Waals surface area contributed by atoms with Crippen molar-refractivity contribution in [2.45, 2.75) is 18.4 Å². The number of nitrogens with zero attached hydrogens (tertiary/aromatic N) is 1. The van der Waals surface area contributed by atoms with Crippen LogP contribution in [0, 0.1) is 0 Å². The van der Waals surface area contributed by atoms with Crippen LogP contribution in [0.2, 0.25) is 5.02 Å². The molecule has 2 atom stereocenters. The molecule has 9 nitrogen and oxygen atoms in total. The quantitative estimate of drug-likeness (QED) is 0.315. The van der Waals surface area contributed by atoms with Crippen molar-refractivity contribution < 1.29 is 33.5 Å². The van der Waals surface area contributed by atoms with Crippen molar-refractivity contribution in [3.63, 3.8) is 0 Å². The third-order valence-electron chi connectivity index (χ3n) is 5.79. The molecule has 0 aliphatic carbocycles. The van der Waals surface area contributed by atoms with E-state index in [-0.39, 0.29) is 34.6 Å². The number of hydrogen-bond acceptors (Lipinski definition) is 7. The summed E-state index contributed by atoms with van der Waals surface area (Å²) in [6, 6.07) is 7.45. The number of phosphoric ester groups is 1. The lowest BCUT2D eigenvalue weighted by Gasteiger charge is -2.36. The average molecular weight is 494 g/mol. The fourth-order valence-electron chi connectivity index (χ4n) is 4.32. The van der Waals surface area contributed by atoms with Crippen LogP contribution in [-0.4, -0.2) is 59.0 Å². The molecule has 0 amide bonds. The van der Waals surface area contributed by atoms with Crippen LogP contribution in [-0.2, 0) is 9.09 Å². The number of phenols is 2. The molecular weight excluding hydrogens is 471 g/mol. The minimum Gasteiger partial charge on any atom is -0.507 e. The van der Waals surface area contributed by atoms with E-state index in [9.17, 15) is 29.4 Å². The zero-order chi connectivity index (χ0) is 24.1. The number of phosphoric acid groups is 1. The van der Waals surface area contributed by atoms with E-state index in [4.69, 9.17) is 20.5 Å². The molecule has 1 fully saturated rings. The van der Waals surface area contributed by atoms with Crippen molar-refractivity contribution in [3.8, 4) is 22.8 Å². The topological polar surface area (TPSA) is 141 Å². The molecule has 0 saturated carbocycles. The van der Waals surface area contributed by atoms with Crippen molar-refractivity contribution in [3.05, 3.63) is 51.1 Å². The summed E-state index contributed by atoms with van der Waals surface area (Å²) in [5, 5.41) is 21.4. The Balaban J connectivity index is 1.98. The van der Waals surface area contributed by atoms with Gasteiger partial charge in [-0.3, -0.25) is 9.32 Å². The van der Waals surface area contributed by atoms with Crippen LogP contribution in [0.1, 0.15) is 17.9 Å². The van der Waals surface area contributed by atoms with Gasteiger partial charge in [0, 0.05) is 35.7 Å². The Hall–Kier alpha value is -2.33. The van der Waals surface area contributed by atoms with Crippen LogP contribution in [0.25, 0.3) is 22.3 Å². The van der Waals surface area contributed by atoms with Crippen LogP contribution in [0.3, 0.4) is 0 Å². The molecule has 1 aliphatic heterocycles. The first kappa shape index (κ1) is 23.8. The van der Waals surface area contributed by atoms with Gasteiger partial charge in [-0.15, -0.1) is 0 Å². The van der Waals surface area contributed by atoms with E-state index in [0.29, 0.717) is 23.6 Å². The molecule has 12 heteroatoms. The largest absolute Gasteiger partial charge is 0.507 e. The molecule has 2 aromatic carbocycles. The summed E-state index contributed by atoms with van der Waals surface area (Å²) in [6.45, 7) is 0.715. The van der Waals surface area contributed by atoms with Crippen LogP contribution in [0.5, 0.6) is 11.5 Å². The zero-order valence-corrected chi connectivity index (χ0v) is 19.5. The molecule has 33 heavy (non-hydrogen) atoms. The Morgan fingerprint density at radius 3 is 2.64 bits per heavy atom. The molecule has 1 aliphatic rings. The van der Waals surface area contributed by atoms with Crippen LogP contribution in [0.15, 0.2) is 39.5 Å². The number of halogens is 1. The monoisotopic (exact) mass is 493 g/mol. The van der Waals surface area contributed by atoms with Gasteiger partial charge in [-0.25, -0.2) is 4.57 Å². The molecule has 0 spiro atoms. The minimum absolute atomic E-state index is 0.0820. The molecular formula is C21H22BClNO8P. The Labute approximate surface area is 194 Å². The van der Waals surface area contributed by atoms with Gasteiger partial charge in [0.2, 0.25) is 0 Å². The van der Waals surface area contributed by atoms with E-state index in [1.165, 1.54) is 6.07 Å². The first-order valence-electron chi connectivity index (χ1n) is 10.2. The predicted octanol–water partition coefficient (Wildman–Crippen LogP) is 1.68. The number of rotatable bonds is 4. The molecule has 2 heterocycles. The Kier molecular flexibility index (Phi) is 6.35. The van der Waals surface area contributed by atoms with E-state index in [1.807, 2.05) is 12.7 Å². The second kappa shape index (κ2) is 8.79. The van der Waals surface area contributed by atoms with E-state index in [0.717, 1.165) is 11.5 Å². The van der Waals surface area contributed by atoms with Crippen molar-refractivity contribution in [1.82, 2.24) is 4.90 Å². The van der Waals surface area contributed by atoms with Gasteiger partial charge in [0.15, 0.2) is 5.43 Å². The van der Waals surface area contributed by atoms with E-state index in [2.05, 4.69) is 0 Å². The molecule has 4 N–H and O–H groups in total. The SMILES string of the molecule is Bc1ccc(Cl)c(-c2cc(=O)c3c(O)cc(O)c([C@H]4CCN(C)C[C@H]4OP(=O)(O)O)c3o2)c1. The second-order valence-electron chi connectivity index (χ2n) is 8.28. The van der Waals surface area contributed by atoms with E-state index < -0.39 is 31.0 Å². The summed E-state index contributed by atoms with van der Waals surface area (Å²) < 4.78 is 22.7. The number of piperidine rings is 1. The highest BCUT2D eigenvalue weighted by atomic mass is 35.5. The van der Waals surface area contributed by atoms with Crippen molar-refractivity contribution in [2.75, 3.05) is 20.1 Å². The average Bonchev–Trinajstić information content (AvgIpc) is 2.69. The maximum atomic E-state index is 13.0. The molecule has 1 aromatic heterocycles. The van der Waals surface area contributed by atoms with Crippen LogP contribution < -0.4 is 10.9 Å². The summed E-state index contributed by atoms with van der Waals surface area (Å²) in [5.41, 5.74) is 0.832.